The van der Waals surface area contributed by atoms with Crippen LogP contribution < -0.4 is 0 Å². The summed E-state index contributed by atoms with van der Waals surface area (Å²) in [5, 5.41) is 0. The lowest BCUT2D eigenvalue weighted by Crippen LogP contribution is -2.40. The molecular weight excluding hydrogens is 293 g/mol. The van der Waals surface area contributed by atoms with E-state index in [1.807, 2.05) is 0 Å². The van der Waals surface area contributed by atoms with Crippen LogP contribution in [0.5, 0.6) is 0 Å². The fourth-order valence-corrected chi connectivity index (χ4v) is 2.69. The molecule has 3 nitrogen and oxygen atoms in total. The topological polar surface area (TPSA) is 33.2 Å². The summed E-state index contributed by atoms with van der Waals surface area (Å²) in [5.41, 5.74) is -1.15. The van der Waals surface area contributed by atoms with Crippen molar-refractivity contribution in [3.8, 4) is 12.3 Å². The molecule has 1 fully saturated rings. The highest BCUT2D eigenvalue weighted by Gasteiger charge is 2.40. The van der Waals surface area contributed by atoms with Crippen LogP contribution in [-0.4, -0.2) is 27.9 Å². The number of carbonyl (C=O) groups is 1. The van der Waals surface area contributed by atoms with Crippen molar-refractivity contribution in [2.75, 3.05) is 0 Å². The Bertz CT molecular complexity index is 633. The lowest BCUT2D eigenvalue weighted by Gasteiger charge is -2.27. The van der Waals surface area contributed by atoms with Crippen molar-refractivity contribution in [2.45, 2.75) is 31.6 Å². The summed E-state index contributed by atoms with van der Waals surface area (Å²) >= 11 is 0. The van der Waals surface area contributed by atoms with E-state index < -0.39 is 17.8 Å². The SMILES string of the molecule is C#C[C@@H]1C[C@H](C=C)N(C(=O)c2ccnc(C(F)(F)F)c2)[C@@H]1C. The van der Waals surface area contributed by atoms with E-state index in [0.717, 1.165) is 12.3 Å². The van der Waals surface area contributed by atoms with Crippen molar-refractivity contribution in [1.82, 2.24) is 9.88 Å². The summed E-state index contributed by atoms with van der Waals surface area (Å²) in [6, 6.07) is 1.49. The second kappa shape index (κ2) is 5.84. The standard InChI is InChI=1S/C16H15F3N2O/c1-4-11-8-13(5-2)21(10(11)3)15(22)12-6-7-20-14(9-12)16(17,18)19/h1,5-7,9-11,13H,2,8H2,3H3/t10-,11-,13+/m1/s1. The van der Waals surface area contributed by atoms with Crippen LogP contribution in [0.15, 0.2) is 31.0 Å². The van der Waals surface area contributed by atoms with Gasteiger partial charge >= 0.3 is 6.18 Å². The molecule has 1 saturated heterocycles. The summed E-state index contributed by atoms with van der Waals surface area (Å²) in [4.78, 5) is 17.3. The predicted octanol–water partition coefficient (Wildman–Crippen LogP) is 3.14. The van der Waals surface area contributed by atoms with E-state index in [-0.39, 0.29) is 23.6 Å². The minimum atomic E-state index is -4.59. The number of carbonyl (C=O) groups excluding carboxylic acids is 1. The van der Waals surface area contributed by atoms with Gasteiger partial charge in [0, 0.05) is 23.7 Å². The van der Waals surface area contributed by atoms with Crippen LogP contribution in [0.3, 0.4) is 0 Å². The summed E-state index contributed by atoms with van der Waals surface area (Å²) in [6.07, 6.45) is 3.99. The zero-order valence-electron chi connectivity index (χ0n) is 12.0. The van der Waals surface area contributed by atoms with Crippen molar-refractivity contribution >= 4 is 5.91 Å². The molecule has 0 aliphatic carbocycles. The molecule has 6 heteroatoms. The number of nitrogens with zero attached hydrogens (tertiary/aromatic N) is 2. The minimum absolute atomic E-state index is 0.0568. The fourth-order valence-electron chi connectivity index (χ4n) is 2.69. The van der Waals surface area contributed by atoms with Crippen LogP contribution in [0.25, 0.3) is 0 Å². The van der Waals surface area contributed by atoms with E-state index in [1.165, 1.54) is 11.0 Å². The van der Waals surface area contributed by atoms with E-state index in [1.54, 1.807) is 13.0 Å². The highest BCUT2D eigenvalue weighted by atomic mass is 19.4. The van der Waals surface area contributed by atoms with Gasteiger partial charge in [-0.3, -0.25) is 9.78 Å². The number of terminal acetylenes is 1. The maximum Gasteiger partial charge on any atom is 0.433 e. The van der Waals surface area contributed by atoms with Crippen LogP contribution in [0, 0.1) is 18.3 Å². The summed E-state index contributed by atoms with van der Waals surface area (Å²) < 4.78 is 38.1. The monoisotopic (exact) mass is 308 g/mol. The van der Waals surface area contributed by atoms with Gasteiger partial charge in [-0.05, 0) is 25.5 Å². The van der Waals surface area contributed by atoms with Gasteiger partial charge in [0.2, 0.25) is 0 Å². The van der Waals surface area contributed by atoms with E-state index in [9.17, 15) is 18.0 Å². The highest BCUT2D eigenvalue weighted by Crippen LogP contribution is 2.32. The Kier molecular flexibility index (Phi) is 4.27. The first-order valence-electron chi connectivity index (χ1n) is 6.74. The van der Waals surface area contributed by atoms with Crippen molar-refractivity contribution in [3.63, 3.8) is 0 Å². The van der Waals surface area contributed by atoms with Crippen LogP contribution in [0.2, 0.25) is 0 Å². The van der Waals surface area contributed by atoms with Crippen LogP contribution in [0.4, 0.5) is 13.2 Å². The first-order valence-corrected chi connectivity index (χ1v) is 6.74. The number of pyridine rings is 1. The Labute approximate surface area is 126 Å². The molecule has 1 aliphatic rings. The molecule has 116 valence electrons. The Balaban J connectivity index is 2.35. The van der Waals surface area contributed by atoms with Gasteiger partial charge in [0.05, 0.1) is 6.04 Å². The van der Waals surface area contributed by atoms with Crippen LogP contribution in [0.1, 0.15) is 29.4 Å². The quantitative estimate of drug-likeness (QED) is 0.621. The van der Waals surface area contributed by atoms with Crippen LogP contribution >= 0.6 is 0 Å². The summed E-state index contributed by atoms with van der Waals surface area (Å²) in [6.45, 7) is 5.46. The van der Waals surface area contributed by atoms with Crippen LogP contribution in [-0.2, 0) is 6.18 Å². The molecule has 1 amide bonds. The van der Waals surface area contributed by atoms with E-state index >= 15 is 0 Å². The number of alkyl halides is 3. The molecule has 22 heavy (non-hydrogen) atoms. The first kappa shape index (κ1) is 16.1. The zero-order chi connectivity index (χ0) is 16.5. The number of hydrogen-bond acceptors (Lipinski definition) is 2. The summed E-state index contributed by atoms with van der Waals surface area (Å²) in [5.74, 6) is 1.98. The number of rotatable bonds is 2. The molecule has 0 radical (unpaired) electrons. The molecular formula is C16H15F3N2O. The third kappa shape index (κ3) is 2.84. The molecule has 0 bridgehead atoms. The van der Waals surface area contributed by atoms with Gasteiger partial charge in [-0.1, -0.05) is 6.08 Å². The molecule has 2 rings (SSSR count). The molecule has 1 aromatic rings. The van der Waals surface area contributed by atoms with Crippen molar-refractivity contribution in [1.29, 1.82) is 0 Å². The molecule has 1 aliphatic heterocycles. The number of aromatic nitrogens is 1. The Hall–Kier alpha value is -2.29. The largest absolute Gasteiger partial charge is 0.433 e. The maximum atomic E-state index is 12.7. The molecule has 0 N–H and O–H groups in total. The summed E-state index contributed by atoms with van der Waals surface area (Å²) in [7, 11) is 0. The molecule has 0 unspecified atom stereocenters. The third-order valence-electron chi connectivity index (χ3n) is 3.89. The molecule has 1 aromatic heterocycles. The fraction of sp³-hybridized carbons (Fsp3) is 0.375. The average Bonchev–Trinajstić information content (AvgIpc) is 2.81. The van der Waals surface area contributed by atoms with Gasteiger partial charge in [0.15, 0.2) is 0 Å². The smallest absolute Gasteiger partial charge is 0.328 e. The predicted molar refractivity (Wildman–Crippen MR) is 75.8 cm³/mol. The van der Waals surface area contributed by atoms with Gasteiger partial charge in [0.1, 0.15) is 5.69 Å². The molecule has 0 spiro atoms. The van der Waals surface area contributed by atoms with E-state index in [2.05, 4.69) is 17.5 Å². The van der Waals surface area contributed by atoms with Crippen molar-refractivity contribution in [2.24, 2.45) is 5.92 Å². The Morgan fingerprint density at radius 1 is 1.59 bits per heavy atom. The maximum absolute atomic E-state index is 12.7. The van der Waals surface area contributed by atoms with Crippen molar-refractivity contribution < 1.29 is 18.0 Å². The number of amides is 1. The average molecular weight is 308 g/mol. The van der Waals surface area contributed by atoms with Gasteiger partial charge < -0.3 is 4.90 Å². The highest BCUT2D eigenvalue weighted by molar-refractivity contribution is 5.95. The Morgan fingerprint density at radius 2 is 2.27 bits per heavy atom. The number of hydrogen-bond donors (Lipinski definition) is 0. The van der Waals surface area contributed by atoms with E-state index in [4.69, 9.17) is 6.42 Å². The normalized spacial score (nSPS) is 24.9. The van der Waals surface area contributed by atoms with E-state index in [0.29, 0.717) is 6.42 Å². The van der Waals surface area contributed by atoms with Gasteiger partial charge in [-0.2, -0.15) is 13.2 Å². The number of halogens is 3. The molecule has 2 heterocycles. The van der Waals surface area contributed by atoms with Gasteiger partial charge in [-0.15, -0.1) is 18.9 Å². The van der Waals surface area contributed by atoms with Gasteiger partial charge in [-0.25, -0.2) is 0 Å². The second-order valence-electron chi connectivity index (χ2n) is 5.19. The zero-order valence-corrected chi connectivity index (χ0v) is 12.0. The lowest BCUT2D eigenvalue weighted by atomic mass is 10.0. The first-order chi connectivity index (χ1) is 10.3. The molecule has 0 saturated carbocycles. The third-order valence-corrected chi connectivity index (χ3v) is 3.89. The number of likely N-dealkylation sites (tertiary alicyclic amines) is 1. The second-order valence-corrected chi connectivity index (χ2v) is 5.19. The van der Waals surface area contributed by atoms with Crippen molar-refractivity contribution in [3.05, 3.63) is 42.2 Å². The Morgan fingerprint density at radius 3 is 2.82 bits per heavy atom. The van der Waals surface area contributed by atoms with Gasteiger partial charge in [0.25, 0.3) is 5.91 Å². The lowest BCUT2D eigenvalue weighted by molar-refractivity contribution is -0.141. The minimum Gasteiger partial charge on any atom is -0.328 e. The molecule has 3 atom stereocenters. The molecule has 0 aromatic carbocycles.